The van der Waals surface area contributed by atoms with Crippen LogP contribution in [0.25, 0.3) is 0 Å². The number of aliphatic hydroxyl groups is 1. The van der Waals surface area contributed by atoms with Crippen LogP contribution < -0.4 is 0 Å². The van der Waals surface area contributed by atoms with Gasteiger partial charge in [0.2, 0.25) is 0 Å². The van der Waals surface area contributed by atoms with Gasteiger partial charge in [0, 0.05) is 17.0 Å². The molecule has 0 aromatic carbocycles. The fourth-order valence-electron chi connectivity index (χ4n) is 2.50. The highest BCUT2D eigenvalue weighted by Crippen LogP contribution is 2.23. The predicted molar refractivity (Wildman–Crippen MR) is 82.9 cm³/mol. The second-order valence-corrected chi connectivity index (χ2v) is 6.02. The van der Waals surface area contributed by atoms with Gasteiger partial charge in [-0.05, 0) is 44.3 Å². The van der Waals surface area contributed by atoms with Gasteiger partial charge in [-0.25, -0.2) is 0 Å². The summed E-state index contributed by atoms with van der Waals surface area (Å²) < 4.78 is 5.09. The average Bonchev–Trinajstić information content (AvgIpc) is 2.93. The van der Waals surface area contributed by atoms with E-state index in [1.807, 2.05) is 18.4 Å². The van der Waals surface area contributed by atoms with Crippen LogP contribution in [-0.4, -0.2) is 42.3 Å². The Morgan fingerprint density at radius 3 is 2.95 bits per heavy atom. The number of rotatable bonds is 4. The van der Waals surface area contributed by atoms with Gasteiger partial charge >= 0.3 is 5.97 Å². The van der Waals surface area contributed by atoms with Crippen LogP contribution in [0.4, 0.5) is 0 Å². The van der Waals surface area contributed by atoms with E-state index in [2.05, 4.69) is 16.7 Å². The van der Waals surface area contributed by atoms with Crippen LogP contribution in [0.3, 0.4) is 0 Å². The molecule has 5 heteroatoms. The Labute approximate surface area is 129 Å². The van der Waals surface area contributed by atoms with E-state index in [9.17, 15) is 4.79 Å². The standard InChI is InChI=1S/C16H21NO3S/c1-2-20-16(19)14-5-8-17(9-6-14)12-15-13(4-3-10-18)7-11-21-15/h7,11,14,18H,2,5-6,8-10,12H2,1H3. The second kappa shape index (κ2) is 8.18. The molecule has 1 aliphatic heterocycles. The molecule has 0 aliphatic carbocycles. The number of likely N-dealkylation sites (tertiary alicyclic amines) is 1. The first-order chi connectivity index (χ1) is 10.2. The van der Waals surface area contributed by atoms with Crippen LogP contribution in [0.1, 0.15) is 30.2 Å². The van der Waals surface area contributed by atoms with Gasteiger partial charge in [-0.1, -0.05) is 11.8 Å². The molecule has 1 aliphatic rings. The van der Waals surface area contributed by atoms with Crippen LogP contribution in [0.5, 0.6) is 0 Å². The summed E-state index contributed by atoms with van der Waals surface area (Å²) >= 11 is 1.69. The van der Waals surface area contributed by atoms with Crippen molar-refractivity contribution in [2.45, 2.75) is 26.3 Å². The third-order valence-electron chi connectivity index (χ3n) is 3.62. The summed E-state index contributed by atoms with van der Waals surface area (Å²) in [5, 5.41) is 10.8. The number of hydrogen-bond donors (Lipinski definition) is 1. The fraction of sp³-hybridized carbons (Fsp3) is 0.562. The molecule has 2 heterocycles. The SMILES string of the molecule is CCOC(=O)C1CCN(Cc2sccc2C#CCO)CC1. The highest BCUT2D eigenvalue weighted by atomic mass is 32.1. The quantitative estimate of drug-likeness (QED) is 0.681. The van der Waals surface area contributed by atoms with Crippen molar-refractivity contribution in [3.8, 4) is 11.8 Å². The van der Waals surface area contributed by atoms with E-state index in [0.717, 1.165) is 38.0 Å². The zero-order chi connectivity index (χ0) is 15.1. The Balaban J connectivity index is 1.86. The monoisotopic (exact) mass is 307 g/mol. The van der Waals surface area contributed by atoms with E-state index >= 15 is 0 Å². The molecule has 0 amide bonds. The molecule has 1 N–H and O–H groups in total. The Morgan fingerprint density at radius 2 is 2.29 bits per heavy atom. The Hall–Kier alpha value is -1.35. The first-order valence-electron chi connectivity index (χ1n) is 7.29. The van der Waals surface area contributed by atoms with Crippen LogP contribution in [0.2, 0.25) is 0 Å². The van der Waals surface area contributed by atoms with Gasteiger partial charge in [0.15, 0.2) is 0 Å². The first kappa shape index (κ1) is 16.0. The second-order valence-electron chi connectivity index (χ2n) is 5.02. The van der Waals surface area contributed by atoms with E-state index in [-0.39, 0.29) is 18.5 Å². The lowest BCUT2D eigenvalue weighted by atomic mass is 9.97. The maximum Gasteiger partial charge on any atom is 0.309 e. The molecule has 2 rings (SSSR count). The smallest absolute Gasteiger partial charge is 0.309 e. The van der Waals surface area contributed by atoms with Crippen LogP contribution in [-0.2, 0) is 16.1 Å². The molecular weight excluding hydrogens is 286 g/mol. The van der Waals surface area contributed by atoms with Gasteiger partial charge < -0.3 is 9.84 Å². The van der Waals surface area contributed by atoms with Gasteiger partial charge in [0.05, 0.1) is 12.5 Å². The van der Waals surface area contributed by atoms with Crippen molar-refractivity contribution in [3.63, 3.8) is 0 Å². The molecule has 21 heavy (non-hydrogen) atoms. The molecule has 0 atom stereocenters. The fourth-order valence-corrected chi connectivity index (χ4v) is 3.37. The van der Waals surface area contributed by atoms with Gasteiger partial charge in [0.25, 0.3) is 0 Å². The summed E-state index contributed by atoms with van der Waals surface area (Å²) in [6.07, 6.45) is 1.73. The number of ether oxygens (including phenoxy) is 1. The van der Waals surface area contributed by atoms with Crippen molar-refractivity contribution in [3.05, 3.63) is 21.9 Å². The van der Waals surface area contributed by atoms with Gasteiger partial charge in [-0.2, -0.15) is 0 Å². The van der Waals surface area contributed by atoms with Crippen molar-refractivity contribution in [1.29, 1.82) is 0 Å². The summed E-state index contributed by atoms with van der Waals surface area (Å²) in [6, 6.07) is 1.99. The minimum absolute atomic E-state index is 0.0530. The first-order valence-corrected chi connectivity index (χ1v) is 8.17. The molecule has 0 spiro atoms. The molecule has 1 fully saturated rings. The molecule has 0 saturated carbocycles. The number of piperidine rings is 1. The van der Waals surface area contributed by atoms with Crippen molar-refractivity contribution < 1.29 is 14.6 Å². The minimum atomic E-state index is -0.111. The third kappa shape index (κ3) is 4.57. The minimum Gasteiger partial charge on any atom is -0.466 e. The zero-order valence-electron chi connectivity index (χ0n) is 12.3. The summed E-state index contributed by atoms with van der Waals surface area (Å²) in [6.45, 7) is 4.88. The molecule has 4 nitrogen and oxygen atoms in total. The number of carbonyl (C=O) groups is 1. The van der Waals surface area contributed by atoms with E-state index in [0.29, 0.717) is 6.61 Å². The van der Waals surface area contributed by atoms with Gasteiger partial charge in [-0.3, -0.25) is 9.69 Å². The van der Waals surface area contributed by atoms with Crippen molar-refractivity contribution in [2.75, 3.05) is 26.3 Å². The molecular formula is C16H21NO3S. The summed E-state index contributed by atoms with van der Waals surface area (Å²) in [4.78, 5) is 15.3. The molecule has 0 bridgehead atoms. The average molecular weight is 307 g/mol. The number of thiophene rings is 1. The topological polar surface area (TPSA) is 49.8 Å². The van der Waals surface area contributed by atoms with Crippen LogP contribution in [0, 0.1) is 17.8 Å². The summed E-state index contributed by atoms with van der Waals surface area (Å²) in [7, 11) is 0. The normalized spacial score (nSPS) is 16.3. The molecule has 1 aromatic rings. The lowest BCUT2D eigenvalue weighted by Gasteiger charge is -2.30. The predicted octanol–water partition coefficient (Wildman–Crippen LogP) is 1.87. The van der Waals surface area contributed by atoms with E-state index in [1.54, 1.807) is 11.3 Å². The van der Waals surface area contributed by atoms with E-state index < -0.39 is 0 Å². The van der Waals surface area contributed by atoms with Gasteiger partial charge in [0.1, 0.15) is 6.61 Å². The van der Waals surface area contributed by atoms with Crippen molar-refractivity contribution in [2.24, 2.45) is 5.92 Å². The number of esters is 1. The highest BCUT2D eigenvalue weighted by molar-refractivity contribution is 7.10. The highest BCUT2D eigenvalue weighted by Gasteiger charge is 2.26. The third-order valence-corrected chi connectivity index (χ3v) is 4.53. The number of carbonyl (C=O) groups excluding carboxylic acids is 1. The zero-order valence-corrected chi connectivity index (χ0v) is 13.1. The Bertz CT molecular complexity index is 521. The number of nitrogens with zero attached hydrogens (tertiary/aromatic N) is 1. The van der Waals surface area contributed by atoms with Gasteiger partial charge in [-0.15, -0.1) is 11.3 Å². The Morgan fingerprint density at radius 1 is 1.52 bits per heavy atom. The van der Waals surface area contributed by atoms with E-state index in [4.69, 9.17) is 9.84 Å². The molecule has 1 aromatic heterocycles. The summed E-state index contributed by atoms with van der Waals surface area (Å²) in [5.41, 5.74) is 1.00. The maximum absolute atomic E-state index is 11.7. The molecule has 0 radical (unpaired) electrons. The van der Waals surface area contributed by atoms with Crippen molar-refractivity contribution in [1.82, 2.24) is 4.90 Å². The largest absolute Gasteiger partial charge is 0.466 e. The Kier molecular flexibility index (Phi) is 6.24. The molecule has 1 saturated heterocycles. The van der Waals surface area contributed by atoms with Crippen LogP contribution in [0.15, 0.2) is 11.4 Å². The lowest BCUT2D eigenvalue weighted by molar-refractivity contribution is -0.149. The maximum atomic E-state index is 11.7. The number of aliphatic hydroxyl groups excluding tert-OH is 1. The van der Waals surface area contributed by atoms with E-state index in [1.165, 1.54) is 4.88 Å². The molecule has 0 unspecified atom stereocenters. The van der Waals surface area contributed by atoms with Crippen molar-refractivity contribution >= 4 is 17.3 Å². The summed E-state index contributed by atoms with van der Waals surface area (Å²) in [5.74, 6) is 5.68. The molecule has 114 valence electrons. The number of hydrogen-bond acceptors (Lipinski definition) is 5. The lowest BCUT2D eigenvalue weighted by Crippen LogP contribution is -2.36. The van der Waals surface area contributed by atoms with Crippen LogP contribution >= 0.6 is 11.3 Å².